The molecule has 0 unspecified atom stereocenters. The topological polar surface area (TPSA) is 96.5 Å². The SMILES string of the molecule is CCOC(=O)c1ccc(NC(=O)[C@H]2C[C@H](CC(C)C)N[C@]23C(=O)Nc2ccc(F)cc23)cc1. The zero-order chi connectivity index (χ0) is 23.8. The number of hydrogen-bond acceptors (Lipinski definition) is 5. The lowest BCUT2D eigenvalue weighted by Gasteiger charge is -2.29. The molecule has 3 N–H and O–H groups in total. The van der Waals surface area contributed by atoms with Crippen LogP contribution in [0.15, 0.2) is 42.5 Å². The van der Waals surface area contributed by atoms with E-state index in [-0.39, 0.29) is 24.5 Å². The minimum absolute atomic E-state index is 0.0769. The molecule has 2 aliphatic heterocycles. The first-order chi connectivity index (χ1) is 15.7. The third kappa shape index (κ3) is 4.23. The second-order valence-corrected chi connectivity index (χ2v) is 9.00. The highest BCUT2D eigenvalue weighted by Gasteiger charge is 2.60. The Balaban J connectivity index is 1.63. The Hall–Kier alpha value is -3.26. The summed E-state index contributed by atoms with van der Waals surface area (Å²) in [6, 6.07) is 10.4. The minimum atomic E-state index is -1.34. The first-order valence-electron chi connectivity index (χ1n) is 11.2. The predicted molar refractivity (Wildman–Crippen MR) is 122 cm³/mol. The Morgan fingerprint density at radius 3 is 2.61 bits per heavy atom. The van der Waals surface area contributed by atoms with Crippen molar-refractivity contribution in [2.45, 2.75) is 45.2 Å². The van der Waals surface area contributed by atoms with Crippen molar-refractivity contribution < 1.29 is 23.5 Å². The Morgan fingerprint density at radius 1 is 1.21 bits per heavy atom. The number of hydrogen-bond donors (Lipinski definition) is 3. The highest BCUT2D eigenvalue weighted by Crippen LogP contribution is 2.48. The van der Waals surface area contributed by atoms with E-state index < -0.39 is 23.2 Å². The van der Waals surface area contributed by atoms with Crippen LogP contribution in [0.5, 0.6) is 0 Å². The van der Waals surface area contributed by atoms with Gasteiger partial charge in [0.25, 0.3) is 0 Å². The Morgan fingerprint density at radius 2 is 1.94 bits per heavy atom. The third-order valence-electron chi connectivity index (χ3n) is 6.22. The summed E-state index contributed by atoms with van der Waals surface area (Å²) in [4.78, 5) is 38.5. The number of rotatable bonds is 6. The standard InChI is InChI=1S/C25H28FN3O4/c1-4-33-23(31)15-5-8-17(9-6-15)27-22(30)20-13-18(11-14(2)3)29-25(20)19-12-16(26)7-10-21(19)28-24(25)32/h5-10,12,14,18,20,29H,4,11,13H2,1-3H3,(H,27,30)(H,28,32)/t18-,20+,25-/m0/s1. The van der Waals surface area contributed by atoms with Crippen molar-refractivity contribution in [3.63, 3.8) is 0 Å². The van der Waals surface area contributed by atoms with Gasteiger partial charge in [0, 0.05) is 23.0 Å². The Bertz CT molecular complexity index is 1090. The fourth-order valence-corrected chi connectivity index (χ4v) is 4.89. The molecule has 8 heteroatoms. The normalized spacial score (nSPS) is 23.5. The molecule has 7 nitrogen and oxygen atoms in total. The second kappa shape index (κ2) is 8.94. The largest absolute Gasteiger partial charge is 0.462 e. The highest BCUT2D eigenvalue weighted by molar-refractivity contribution is 6.10. The van der Waals surface area contributed by atoms with E-state index in [1.54, 1.807) is 31.2 Å². The van der Waals surface area contributed by atoms with E-state index in [9.17, 15) is 18.8 Å². The van der Waals surface area contributed by atoms with Gasteiger partial charge in [0.15, 0.2) is 0 Å². The van der Waals surface area contributed by atoms with Crippen LogP contribution in [0.2, 0.25) is 0 Å². The molecular formula is C25H28FN3O4. The first kappa shape index (κ1) is 22.9. The van der Waals surface area contributed by atoms with Crippen LogP contribution < -0.4 is 16.0 Å². The van der Waals surface area contributed by atoms with Crippen LogP contribution in [-0.4, -0.2) is 30.4 Å². The lowest BCUT2D eigenvalue weighted by Crippen LogP contribution is -2.52. The van der Waals surface area contributed by atoms with Crippen LogP contribution in [0, 0.1) is 17.7 Å². The number of anilines is 2. The van der Waals surface area contributed by atoms with E-state index >= 15 is 0 Å². The van der Waals surface area contributed by atoms with E-state index in [1.165, 1.54) is 18.2 Å². The summed E-state index contributed by atoms with van der Waals surface area (Å²) in [6.45, 7) is 6.16. The van der Waals surface area contributed by atoms with Gasteiger partial charge in [-0.3, -0.25) is 14.9 Å². The molecule has 3 atom stereocenters. The van der Waals surface area contributed by atoms with Gasteiger partial charge in [0.05, 0.1) is 18.1 Å². The van der Waals surface area contributed by atoms with Crippen molar-refractivity contribution in [3.8, 4) is 0 Å². The molecule has 1 saturated heterocycles. The van der Waals surface area contributed by atoms with Crippen LogP contribution in [0.3, 0.4) is 0 Å². The summed E-state index contributed by atoms with van der Waals surface area (Å²) in [5, 5.41) is 9.07. The fourth-order valence-electron chi connectivity index (χ4n) is 4.89. The van der Waals surface area contributed by atoms with Crippen molar-refractivity contribution in [2.24, 2.45) is 11.8 Å². The quantitative estimate of drug-likeness (QED) is 0.578. The first-order valence-corrected chi connectivity index (χ1v) is 11.2. The van der Waals surface area contributed by atoms with Crippen molar-refractivity contribution in [1.29, 1.82) is 0 Å². The average Bonchev–Trinajstić information content (AvgIpc) is 3.27. The number of nitrogens with one attached hydrogen (secondary N) is 3. The van der Waals surface area contributed by atoms with Gasteiger partial charge in [-0.2, -0.15) is 0 Å². The van der Waals surface area contributed by atoms with Crippen molar-refractivity contribution in [3.05, 3.63) is 59.4 Å². The number of carbonyl (C=O) groups excluding carboxylic acids is 3. The van der Waals surface area contributed by atoms with Crippen molar-refractivity contribution in [2.75, 3.05) is 17.2 Å². The molecule has 0 aromatic heterocycles. The summed E-state index contributed by atoms with van der Waals surface area (Å²) < 4.78 is 19.1. The van der Waals surface area contributed by atoms with Crippen LogP contribution in [0.25, 0.3) is 0 Å². The van der Waals surface area contributed by atoms with E-state index in [0.717, 1.165) is 6.42 Å². The molecule has 0 radical (unpaired) electrons. The van der Waals surface area contributed by atoms with Gasteiger partial charge in [-0.05, 0) is 68.1 Å². The maximum Gasteiger partial charge on any atom is 0.338 e. The number of amides is 2. The van der Waals surface area contributed by atoms with Crippen LogP contribution in [0.4, 0.5) is 15.8 Å². The van der Waals surface area contributed by atoms with Crippen LogP contribution >= 0.6 is 0 Å². The predicted octanol–water partition coefficient (Wildman–Crippen LogP) is 3.81. The number of halogens is 1. The maximum atomic E-state index is 14.2. The molecule has 4 rings (SSSR count). The summed E-state index contributed by atoms with van der Waals surface area (Å²) in [6.07, 6.45) is 1.21. The molecule has 2 aromatic carbocycles. The molecule has 0 aliphatic carbocycles. The molecule has 2 aliphatic rings. The highest BCUT2D eigenvalue weighted by atomic mass is 19.1. The molecule has 0 saturated carbocycles. The van der Waals surface area contributed by atoms with Crippen LogP contribution in [0.1, 0.15) is 49.5 Å². The lowest BCUT2D eigenvalue weighted by molar-refractivity contribution is -0.130. The van der Waals surface area contributed by atoms with Gasteiger partial charge in [-0.1, -0.05) is 13.8 Å². The summed E-state index contributed by atoms with van der Waals surface area (Å²) >= 11 is 0. The van der Waals surface area contributed by atoms with E-state index in [4.69, 9.17) is 4.74 Å². The molecule has 2 heterocycles. The number of benzene rings is 2. The zero-order valence-corrected chi connectivity index (χ0v) is 18.9. The number of esters is 1. The summed E-state index contributed by atoms with van der Waals surface area (Å²) in [5.41, 5.74) is 0.498. The summed E-state index contributed by atoms with van der Waals surface area (Å²) in [7, 11) is 0. The monoisotopic (exact) mass is 453 g/mol. The summed E-state index contributed by atoms with van der Waals surface area (Å²) in [5.74, 6) is -1.99. The molecule has 0 bridgehead atoms. The number of carbonyl (C=O) groups is 3. The van der Waals surface area contributed by atoms with Gasteiger partial charge in [0.1, 0.15) is 11.4 Å². The van der Waals surface area contributed by atoms with Crippen molar-refractivity contribution in [1.82, 2.24) is 5.32 Å². The smallest absolute Gasteiger partial charge is 0.338 e. The zero-order valence-electron chi connectivity index (χ0n) is 18.9. The van der Waals surface area contributed by atoms with Crippen molar-refractivity contribution >= 4 is 29.2 Å². The van der Waals surface area contributed by atoms with Gasteiger partial charge in [0.2, 0.25) is 11.8 Å². The van der Waals surface area contributed by atoms with E-state index in [2.05, 4.69) is 29.8 Å². The molecule has 1 spiro atoms. The number of ether oxygens (including phenoxy) is 1. The van der Waals surface area contributed by atoms with Gasteiger partial charge in [-0.25, -0.2) is 9.18 Å². The Labute approximate surface area is 192 Å². The molecule has 33 heavy (non-hydrogen) atoms. The maximum absolute atomic E-state index is 14.2. The lowest BCUT2D eigenvalue weighted by atomic mass is 9.79. The Kier molecular flexibility index (Phi) is 6.21. The van der Waals surface area contributed by atoms with E-state index in [1.807, 2.05) is 0 Å². The van der Waals surface area contributed by atoms with E-state index in [0.29, 0.717) is 34.8 Å². The van der Waals surface area contributed by atoms with Gasteiger partial charge in [-0.15, -0.1) is 0 Å². The average molecular weight is 454 g/mol. The molecule has 2 aromatic rings. The van der Waals surface area contributed by atoms with Gasteiger partial charge < -0.3 is 15.4 Å². The fraction of sp³-hybridized carbons (Fsp3) is 0.400. The molecule has 2 amide bonds. The molecule has 174 valence electrons. The minimum Gasteiger partial charge on any atom is -0.462 e. The third-order valence-corrected chi connectivity index (χ3v) is 6.22. The van der Waals surface area contributed by atoms with Gasteiger partial charge >= 0.3 is 5.97 Å². The molecular weight excluding hydrogens is 425 g/mol. The second-order valence-electron chi connectivity index (χ2n) is 9.00. The molecule has 1 fully saturated rings. The van der Waals surface area contributed by atoms with Crippen LogP contribution in [-0.2, 0) is 19.9 Å². The number of fused-ring (bicyclic) bond motifs is 2.